The van der Waals surface area contributed by atoms with Crippen molar-refractivity contribution in [3.63, 3.8) is 0 Å². The Bertz CT molecular complexity index is 1240. The number of fused-ring (bicyclic) bond motifs is 1. The number of amides is 1. The van der Waals surface area contributed by atoms with Crippen LogP contribution in [0.25, 0.3) is 5.52 Å². The first kappa shape index (κ1) is 18.4. The van der Waals surface area contributed by atoms with E-state index in [2.05, 4.69) is 5.32 Å². The van der Waals surface area contributed by atoms with Crippen LogP contribution in [0.2, 0.25) is 0 Å². The van der Waals surface area contributed by atoms with Gasteiger partial charge in [0.15, 0.2) is 0 Å². The van der Waals surface area contributed by atoms with Crippen molar-refractivity contribution in [1.29, 1.82) is 0 Å². The fourth-order valence-electron chi connectivity index (χ4n) is 3.30. The molecule has 0 saturated carbocycles. The normalized spacial score (nSPS) is 10.8. The minimum Gasteiger partial charge on any atom is -0.396 e. The topological polar surface area (TPSA) is 76.6 Å². The van der Waals surface area contributed by atoms with Crippen LogP contribution in [0.3, 0.4) is 0 Å². The summed E-state index contributed by atoms with van der Waals surface area (Å²) in [5.74, 6) is -1.26. The Labute approximate surface area is 166 Å². The number of nitrogen functional groups attached to an aromatic ring is 1. The largest absolute Gasteiger partial charge is 0.396 e. The summed E-state index contributed by atoms with van der Waals surface area (Å²) in [6.45, 7) is 1.93. The van der Waals surface area contributed by atoms with Crippen LogP contribution in [-0.2, 0) is 0 Å². The van der Waals surface area contributed by atoms with Crippen LogP contribution < -0.4 is 11.1 Å². The van der Waals surface area contributed by atoms with Gasteiger partial charge in [0.25, 0.3) is 5.91 Å². The van der Waals surface area contributed by atoms with Crippen molar-refractivity contribution < 1.29 is 14.0 Å². The summed E-state index contributed by atoms with van der Waals surface area (Å²) in [5.41, 5.74) is 9.06. The third-order valence-electron chi connectivity index (χ3n) is 4.72. The van der Waals surface area contributed by atoms with Crippen LogP contribution in [0.15, 0.2) is 72.9 Å². The van der Waals surface area contributed by atoms with E-state index >= 15 is 0 Å². The second-order valence-corrected chi connectivity index (χ2v) is 6.75. The molecule has 29 heavy (non-hydrogen) atoms. The van der Waals surface area contributed by atoms with Crippen LogP contribution in [0, 0.1) is 12.7 Å². The molecule has 144 valence electrons. The van der Waals surface area contributed by atoms with Crippen LogP contribution in [0.1, 0.15) is 32.0 Å². The molecule has 6 heteroatoms. The van der Waals surface area contributed by atoms with E-state index in [-0.39, 0.29) is 22.7 Å². The molecular weight excluding hydrogens is 369 g/mol. The highest BCUT2D eigenvalue weighted by atomic mass is 19.1. The maximum absolute atomic E-state index is 13.5. The fraction of sp³-hybridized carbons (Fsp3) is 0.0435. The van der Waals surface area contributed by atoms with Crippen LogP contribution in [-0.4, -0.2) is 16.1 Å². The molecule has 4 rings (SSSR count). The zero-order chi connectivity index (χ0) is 20.5. The standard InChI is InChI=1S/C23H18FN3O2/c1-14-8-10-15(11-9-14)22(28)21-20(25)19(18-7-2-3-12-27(18)21)23(29)26-17-6-4-5-16(24)13-17/h2-13H,25H2,1H3,(H,26,29). The lowest BCUT2D eigenvalue weighted by Crippen LogP contribution is -2.14. The second kappa shape index (κ2) is 7.24. The van der Waals surface area contributed by atoms with Gasteiger partial charge >= 0.3 is 0 Å². The van der Waals surface area contributed by atoms with Gasteiger partial charge in [-0.1, -0.05) is 42.0 Å². The number of ketones is 1. The average molecular weight is 387 g/mol. The van der Waals surface area contributed by atoms with Crippen LogP contribution in [0.4, 0.5) is 15.8 Å². The van der Waals surface area contributed by atoms with Gasteiger partial charge in [-0.05, 0) is 37.3 Å². The Hall–Kier alpha value is -3.93. The van der Waals surface area contributed by atoms with Gasteiger partial charge in [0, 0.05) is 17.4 Å². The van der Waals surface area contributed by atoms with Crippen LogP contribution >= 0.6 is 0 Å². The molecule has 0 aliphatic rings. The molecule has 2 aromatic carbocycles. The number of nitrogens with one attached hydrogen (secondary N) is 1. The fourth-order valence-corrected chi connectivity index (χ4v) is 3.30. The Kier molecular flexibility index (Phi) is 4.60. The van der Waals surface area contributed by atoms with Crippen molar-refractivity contribution in [2.75, 3.05) is 11.1 Å². The van der Waals surface area contributed by atoms with Crippen molar-refractivity contribution >= 4 is 28.6 Å². The number of anilines is 2. The number of nitrogens with two attached hydrogens (primary N) is 1. The number of aryl methyl sites for hydroxylation is 1. The lowest BCUT2D eigenvalue weighted by Gasteiger charge is -2.06. The van der Waals surface area contributed by atoms with E-state index in [0.29, 0.717) is 16.8 Å². The molecule has 2 heterocycles. The maximum atomic E-state index is 13.5. The van der Waals surface area contributed by atoms with Crippen LogP contribution in [0.5, 0.6) is 0 Å². The van der Waals surface area contributed by atoms with Gasteiger partial charge in [-0.25, -0.2) is 4.39 Å². The van der Waals surface area contributed by atoms with Crippen molar-refractivity contribution in [1.82, 2.24) is 4.40 Å². The van der Waals surface area contributed by atoms with Gasteiger partial charge in [0.05, 0.1) is 16.8 Å². The number of rotatable bonds is 4. The van der Waals surface area contributed by atoms with Crippen molar-refractivity contribution in [2.24, 2.45) is 0 Å². The molecule has 0 bridgehead atoms. The lowest BCUT2D eigenvalue weighted by atomic mass is 10.0. The summed E-state index contributed by atoms with van der Waals surface area (Å²) in [7, 11) is 0. The zero-order valence-electron chi connectivity index (χ0n) is 15.6. The molecule has 3 N–H and O–H groups in total. The third kappa shape index (κ3) is 3.36. The predicted molar refractivity (Wildman–Crippen MR) is 111 cm³/mol. The molecule has 0 fully saturated rings. The molecule has 0 unspecified atom stereocenters. The van der Waals surface area contributed by atoms with Crippen molar-refractivity contribution in [3.05, 3.63) is 101 Å². The highest BCUT2D eigenvalue weighted by Gasteiger charge is 2.26. The number of halogens is 1. The predicted octanol–water partition coefficient (Wildman–Crippen LogP) is 4.45. The molecule has 4 aromatic rings. The number of carbonyl (C=O) groups is 2. The number of aromatic nitrogens is 1. The van der Waals surface area contributed by atoms with E-state index < -0.39 is 11.7 Å². The SMILES string of the molecule is Cc1ccc(C(=O)c2c(N)c(C(=O)Nc3cccc(F)c3)c3ccccn23)cc1. The summed E-state index contributed by atoms with van der Waals surface area (Å²) >= 11 is 0. The summed E-state index contributed by atoms with van der Waals surface area (Å²) in [4.78, 5) is 26.1. The third-order valence-corrected chi connectivity index (χ3v) is 4.72. The van der Waals surface area contributed by atoms with Gasteiger partial charge in [0.2, 0.25) is 5.78 Å². The summed E-state index contributed by atoms with van der Waals surface area (Å²) in [5, 5.41) is 2.65. The Morgan fingerprint density at radius 3 is 2.48 bits per heavy atom. The first-order valence-corrected chi connectivity index (χ1v) is 9.02. The molecule has 0 atom stereocenters. The molecule has 1 amide bonds. The molecule has 5 nitrogen and oxygen atoms in total. The van der Waals surface area contributed by atoms with E-state index in [9.17, 15) is 14.0 Å². The first-order valence-electron chi connectivity index (χ1n) is 9.02. The van der Waals surface area contributed by atoms with Gasteiger partial charge in [-0.3, -0.25) is 9.59 Å². The van der Waals surface area contributed by atoms with Gasteiger partial charge in [0.1, 0.15) is 11.5 Å². The Morgan fingerprint density at radius 2 is 1.76 bits per heavy atom. The second-order valence-electron chi connectivity index (χ2n) is 6.75. The summed E-state index contributed by atoms with van der Waals surface area (Å²) in [6, 6.07) is 17.9. The van der Waals surface area contributed by atoms with E-state index in [0.717, 1.165) is 5.56 Å². The minimum atomic E-state index is -0.514. The van der Waals surface area contributed by atoms with E-state index in [1.807, 2.05) is 19.1 Å². The highest BCUT2D eigenvalue weighted by molar-refractivity contribution is 6.20. The Balaban J connectivity index is 1.81. The highest BCUT2D eigenvalue weighted by Crippen LogP contribution is 2.29. The zero-order valence-corrected chi connectivity index (χ0v) is 15.6. The number of hydrogen-bond donors (Lipinski definition) is 2. The number of nitrogens with zero attached hydrogens (tertiary/aromatic N) is 1. The molecule has 0 aliphatic heterocycles. The maximum Gasteiger partial charge on any atom is 0.259 e. The quantitative estimate of drug-likeness (QED) is 0.508. The minimum absolute atomic E-state index is 0.0793. The average Bonchev–Trinajstić information content (AvgIpc) is 3.00. The molecule has 0 aliphatic carbocycles. The smallest absolute Gasteiger partial charge is 0.259 e. The number of hydrogen-bond acceptors (Lipinski definition) is 3. The lowest BCUT2D eigenvalue weighted by molar-refractivity contribution is 0.102. The molecule has 2 aromatic heterocycles. The molecule has 0 radical (unpaired) electrons. The van der Waals surface area contributed by atoms with Crippen molar-refractivity contribution in [2.45, 2.75) is 6.92 Å². The van der Waals surface area contributed by atoms with E-state index in [1.165, 1.54) is 18.2 Å². The van der Waals surface area contributed by atoms with Crippen molar-refractivity contribution in [3.8, 4) is 0 Å². The van der Waals surface area contributed by atoms with Gasteiger partial charge in [-0.2, -0.15) is 0 Å². The number of carbonyl (C=O) groups excluding carboxylic acids is 2. The summed E-state index contributed by atoms with van der Waals surface area (Å²) in [6.07, 6.45) is 1.69. The molecular formula is C23H18FN3O2. The van der Waals surface area contributed by atoms with E-state index in [1.54, 1.807) is 47.0 Å². The molecule has 0 spiro atoms. The summed E-state index contributed by atoms with van der Waals surface area (Å²) < 4.78 is 15.1. The number of benzene rings is 2. The molecule has 0 saturated heterocycles. The van der Waals surface area contributed by atoms with Gasteiger partial charge in [-0.15, -0.1) is 0 Å². The van der Waals surface area contributed by atoms with Gasteiger partial charge < -0.3 is 15.5 Å². The number of pyridine rings is 1. The first-order chi connectivity index (χ1) is 14.0. The Morgan fingerprint density at radius 1 is 1.00 bits per heavy atom. The van der Waals surface area contributed by atoms with E-state index in [4.69, 9.17) is 5.73 Å². The monoisotopic (exact) mass is 387 g/mol.